The summed E-state index contributed by atoms with van der Waals surface area (Å²) in [6.45, 7) is 0. The highest BCUT2D eigenvalue weighted by molar-refractivity contribution is 6.19. The maximum absolute atomic E-state index is 12.3. The molecule has 1 heterocycles. The van der Waals surface area contributed by atoms with Gasteiger partial charge in [-0.1, -0.05) is 0 Å². The van der Waals surface area contributed by atoms with E-state index in [4.69, 9.17) is 11.6 Å². The summed E-state index contributed by atoms with van der Waals surface area (Å²) in [4.78, 5) is 0. The second-order valence-electron chi connectivity index (χ2n) is 4.19. The molecule has 0 aromatic carbocycles. The van der Waals surface area contributed by atoms with Crippen LogP contribution in [0.15, 0.2) is 12.1 Å². The summed E-state index contributed by atoms with van der Waals surface area (Å²) in [6, 6.07) is 2.19. The van der Waals surface area contributed by atoms with Gasteiger partial charge in [0, 0.05) is 5.88 Å². The van der Waals surface area contributed by atoms with Crippen LogP contribution in [0.25, 0.3) is 0 Å². The SMILES string of the molecule is FC(F)(F)c1ccc(NC2(CCl)CCC2)nn1. The van der Waals surface area contributed by atoms with Gasteiger partial charge >= 0.3 is 6.18 Å². The molecular weight excluding hydrogens is 255 g/mol. The number of hydrogen-bond donors (Lipinski definition) is 1. The van der Waals surface area contributed by atoms with Gasteiger partial charge in [-0.25, -0.2) is 0 Å². The fourth-order valence-electron chi connectivity index (χ4n) is 1.72. The number of anilines is 1. The van der Waals surface area contributed by atoms with Crippen molar-refractivity contribution >= 4 is 17.4 Å². The number of nitrogens with zero attached hydrogens (tertiary/aromatic N) is 2. The number of rotatable bonds is 3. The molecule has 0 radical (unpaired) electrons. The van der Waals surface area contributed by atoms with Crippen molar-refractivity contribution in [2.24, 2.45) is 0 Å². The largest absolute Gasteiger partial charge is 0.435 e. The van der Waals surface area contributed by atoms with E-state index in [9.17, 15) is 13.2 Å². The van der Waals surface area contributed by atoms with Gasteiger partial charge in [0.1, 0.15) is 5.82 Å². The minimum atomic E-state index is -4.45. The third kappa shape index (κ3) is 2.62. The van der Waals surface area contributed by atoms with Crippen LogP contribution in [0, 0.1) is 0 Å². The molecule has 0 atom stereocenters. The Morgan fingerprint density at radius 2 is 2.00 bits per heavy atom. The predicted octanol–water partition coefficient (Wildman–Crippen LogP) is 3.07. The van der Waals surface area contributed by atoms with Crippen molar-refractivity contribution in [1.29, 1.82) is 0 Å². The van der Waals surface area contributed by atoms with Crippen molar-refractivity contribution in [2.45, 2.75) is 31.0 Å². The summed E-state index contributed by atoms with van der Waals surface area (Å²) < 4.78 is 36.8. The highest BCUT2D eigenvalue weighted by Gasteiger charge is 2.37. The van der Waals surface area contributed by atoms with Gasteiger partial charge in [0.2, 0.25) is 0 Å². The van der Waals surface area contributed by atoms with Crippen molar-refractivity contribution < 1.29 is 13.2 Å². The summed E-state index contributed by atoms with van der Waals surface area (Å²) in [5.74, 6) is 0.744. The average molecular weight is 266 g/mol. The van der Waals surface area contributed by atoms with E-state index >= 15 is 0 Å². The molecule has 0 aliphatic heterocycles. The first-order valence-corrected chi connectivity index (χ1v) is 5.74. The van der Waals surface area contributed by atoms with Crippen LogP contribution in [-0.4, -0.2) is 21.6 Å². The molecule has 1 N–H and O–H groups in total. The minimum Gasteiger partial charge on any atom is -0.362 e. The Hall–Kier alpha value is -1.04. The summed E-state index contributed by atoms with van der Waals surface area (Å²) in [6.07, 6.45) is -1.58. The van der Waals surface area contributed by atoms with Crippen LogP contribution in [-0.2, 0) is 6.18 Å². The van der Waals surface area contributed by atoms with Crippen molar-refractivity contribution in [3.8, 4) is 0 Å². The molecule has 1 aliphatic carbocycles. The molecule has 1 aromatic rings. The normalized spacial score (nSPS) is 18.6. The lowest BCUT2D eigenvalue weighted by molar-refractivity contribution is -0.141. The zero-order valence-electron chi connectivity index (χ0n) is 8.89. The number of aromatic nitrogens is 2. The van der Waals surface area contributed by atoms with E-state index in [-0.39, 0.29) is 5.54 Å². The molecule has 0 bridgehead atoms. The number of halogens is 4. The molecule has 94 valence electrons. The molecule has 1 aliphatic rings. The smallest absolute Gasteiger partial charge is 0.362 e. The van der Waals surface area contributed by atoms with Crippen LogP contribution in [0.5, 0.6) is 0 Å². The van der Waals surface area contributed by atoms with E-state index in [0.29, 0.717) is 11.7 Å². The Morgan fingerprint density at radius 1 is 1.29 bits per heavy atom. The molecule has 1 saturated carbocycles. The number of nitrogens with one attached hydrogen (secondary N) is 1. The molecule has 1 fully saturated rings. The van der Waals surface area contributed by atoms with Gasteiger partial charge in [-0.15, -0.1) is 21.8 Å². The van der Waals surface area contributed by atoms with Gasteiger partial charge in [0.05, 0.1) is 5.54 Å². The van der Waals surface area contributed by atoms with E-state index in [1.165, 1.54) is 6.07 Å². The van der Waals surface area contributed by atoms with E-state index in [1.54, 1.807) is 0 Å². The molecule has 2 rings (SSSR count). The second kappa shape index (κ2) is 4.33. The zero-order chi connectivity index (χ0) is 12.5. The lowest BCUT2D eigenvalue weighted by Crippen LogP contribution is -2.47. The molecule has 17 heavy (non-hydrogen) atoms. The number of hydrogen-bond acceptors (Lipinski definition) is 3. The first-order valence-electron chi connectivity index (χ1n) is 5.20. The topological polar surface area (TPSA) is 37.8 Å². The van der Waals surface area contributed by atoms with Crippen molar-refractivity contribution in [3.63, 3.8) is 0 Å². The number of alkyl halides is 4. The van der Waals surface area contributed by atoms with Gasteiger partial charge in [-0.2, -0.15) is 13.2 Å². The van der Waals surface area contributed by atoms with Crippen molar-refractivity contribution in [3.05, 3.63) is 17.8 Å². The zero-order valence-corrected chi connectivity index (χ0v) is 9.65. The van der Waals surface area contributed by atoms with E-state index < -0.39 is 11.9 Å². The van der Waals surface area contributed by atoms with Gasteiger partial charge in [0.25, 0.3) is 0 Å². The Kier molecular flexibility index (Phi) is 3.16. The minimum absolute atomic E-state index is 0.226. The van der Waals surface area contributed by atoms with Gasteiger partial charge in [-0.05, 0) is 31.4 Å². The van der Waals surface area contributed by atoms with Gasteiger partial charge < -0.3 is 5.32 Å². The third-order valence-corrected chi connectivity index (χ3v) is 3.43. The molecule has 0 unspecified atom stereocenters. The predicted molar refractivity (Wildman–Crippen MR) is 58.0 cm³/mol. The first-order chi connectivity index (χ1) is 7.95. The Bertz CT molecular complexity index is 381. The van der Waals surface area contributed by atoms with Gasteiger partial charge in [0.15, 0.2) is 5.69 Å². The van der Waals surface area contributed by atoms with Crippen LogP contribution in [0.1, 0.15) is 25.0 Å². The Balaban J connectivity index is 2.08. The quantitative estimate of drug-likeness (QED) is 0.854. The van der Waals surface area contributed by atoms with E-state index in [0.717, 1.165) is 25.3 Å². The Labute approximate surface area is 101 Å². The Morgan fingerprint density at radius 3 is 2.35 bits per heavy atom. The molecule has 0 amide bonds. The third-order valence-electron chi connectivity index (χ3n) is 2.91. The van der Waals surface area contributed by atoms with Crippen LogP contribution >= 0.6 is 11.6 Å². The van der Waals surface area contributed by atoms with Crippen molar-refractivity contribution in [1.82, 2.24) is 10.2 Å². The lowest BCUT2D eigenvalue weighted by Gasteiger charge is -2.41. The van der Waals surface area contributed by atoms with E-state index in [1.807, 2.05) is 0 Å². The standard InChI is InChI=1S/C10H11ClF3N3/c11-6-9(4-1-5-9)15-8-3-2-7(16-17-8)10(12,13)14/h2-3H,1,4-6H2,(H,15,17). The first kappa shape index (κ1) is 12.4. The monoisotopic (exact) mass is 265 g/mol. The van der Waals surface area contributed by atoms with Crippen LogP contribution < -0.4 is 5.32 Å². The highest BCUT2D eigenvalue weighted by atomic mass is 35.5. The molecule has 7 heteroatoms. The highest BCUT2D eigenvalue weighted by Crippen LogP contribution is 2.36. The maximum Gasteiger partial charge on any atom is 0.435 e. The fourth-order valence-corrected chi connectivity index (χ4v) is 2.05. The summed E-state index contributed by atoms with van der Waals surface area (Å²) in [5, 5.41) is 9.71. The molecule has 0 saturated heterocycles. The summed E-state index contributed by atoms with van der Waals surface area (Å²) in [5.41, 5.74) is -1.22. The molecular formula is C10H11ClF3N3. The van der Waals surface area contributed by atoms with Crippen LogP contribution in [0.2, 0.25) is 0 Å². The second-order valence-corrected chi connectivity index (χ2v) is 4.46. The van der Waals surface area contributed by atoms with Crippen molar-refractivity contribution in [2.75, 3.05) is 11.2 Å². The van der Waals surface area contributed by atoms with Crippen LogP contribution in [0.3, 0.4) is 0 Å². The lowest BCUT2D eigenvalue weighted by atomic mass is 9.78. The molecule has 1 aromatic heterocycles. The maximum atomic E-state index is 12.3. The van der Waals surface area contributed by atoms with Gasteiger partial charge in [-0.3, -0.25) is 0 Å². The summed E-state index contributed by atoms with van der Waals surface area (Å²) in [7, 11) is 0. The average Bonchev–Trinajstić information content (AvgIpc) is 2.23. The van der Waals surface area contributed by atoms with Crippen LogP contribution in [0.4, 0.5) is 19.0 Å². The van der Waals surface area contributed by atoms with E-state index in [2.05, 4.69) is 15.5 Å². The summed E-state index contributed by atoms with van der Waals surface area (Å²) >= 11 is 5.82. The molecule has 3 nitrogen and oxygen atoms in total. The molecule has 0 spiro atoms. The fraction of sp³-hybridized carbons (Fsp3) is 0.600.